The maximum Gasteiger partial charge on any atom is 0.449 e. The first kappa shape index (κ1) is 23.7. The maximum absolute atomic E-state index is 14.1. The van der Waals surface area contributed by atoms with E-state index in [0.29, 0.717) is 0 Å². The van der Waals surface area contributed by atoms with Crippen LogP contribution in [0, 0.1) is 5.92 Å². The van der Waals surface area contributed by atoms with E-state index < -0.39 is 53.8 Å². The van der Waals surface area contributed by atoms with Gasteiger partial charge in [0.1, 0.15) is 0 Å². The molecule has 4 nitrogen and oxygen atoms in total. The summed E-state index contributed by atoms with van der Waals surface area (Å²) in [4.78, 5) is 11.5. The lowest BCUT2D eigenvalue weighted by Gasteiger charge is -2.37. The second kappa shape index (κ2) is 6.32. The molecule has 0 spiro atoms. The van der Waals surface area contributed by atoms with Crippen LogP contribution in [0.1, 0.15) is 20.3 Å². The zero-order chi connectivity index (χ0) is 21.9. The van der Waals surface area contributed by atoms with E-state index in [1.54, 1.807) is 0 Å². The molecule has 0 bridgehead atoms. The van der Waals surface area contributed by atoms with Crippen molar-refractivity contribution < 1.29 is 67.7 Å². The van der Waals surface area contributed by atoms with Crippen LogP contribution in [0.3, 0.4) is 0 Å². The second-order valence-electron chi connectivity index (χ2n) is 5.72. The van der Waals surface area contributed by atoms with E-state index in [0.717, 1.165) is 6.92 Å². The molecule has 0 saturated carbocycles. The van der Waals surface area contributed by atoms with Crippen molar-refractivity contribution >= 4 is 5.97 Å². The van der Waals surface area contributed by atoms with Crippen molar-refractivity contribution in [1.29, 1.82) is 0 Å². The summed E-state index contributed by atoms with van der Waals surface area (Å²) in [5.74, 6) is -16.2. The molecule has 1 heterocycles. The van der Waals surface area contributed by atoms with Gasteiger partial charge in [-0.1, -0.05) is 13.8 Å². The minimum atomic E-state index is -6.98. The average molecular weight is 428 g/mol. The van der Waals surface area contributed by atoms with Crippen molar-refractivity contribution in [1.82, 2.24) is 0 Å². The van der Waals surface area contributed by atoms with E-state index in [9.17, 15) is 53.1 Å². The van der Waals surface area contributed by atoms with Crippen LogP contribution in [0.4, 0.5) is 48.3 Å². The van der Waals surface area contributed by atoms with Gasteiger partial charge in [-0.2, -0.15) is 48.3 Å². The molecule has 1 saturated heterocycles. The van der Waals surface area contributed by atoms with Gasteiger partial charge >= 0.3 is 41.8 Å². The number of hydrogen-bond donors (Lipinski definition) is 1. The highest BCUT2D eigenvalue weighted by Gasteiger charge is 2.95. The van der Waals surface area contributed by atoms with E-state index in [1.165, 1.54) is 6.92 Å². The Kier molecular flexibility index (Phi) is 5.54. The van der Waals surface area contributed by atoms with Gasteiger partial charge in [0.25, 0.3) is 0 Å². The molecule has 0 aromatic heterocycles. The molecule has 0 aromatic carbocycles. The van der Waals surface area contributed by atoms with E-state index in [2.05, 4.69) is 9.47 Å². The fourth-order valence-corrected chi connectivity index (χ4v) is 2.16. The third-order valence-corrected chi connectivity index (χ3v) is 3.93. The number of carbonyl (C=O) groups is 1. The van der Waals surface area contributed by atoms with Crippen LogP contribution in [-0.4, -0.2) is 53.0 Å². The van der Waals surface area contributed by atoms with Crippen molar-refractivity contribution in [2.24, 2.45) is 5.92 Å². The predicted molar refractivity (Wildman–Crippen MR) is 61.2 cm³/mol. The van der Waals surface area contributed by atoms with Crippen molar-refractivity contribution in [3.8, 4) is 0 Å². The second-order valence-corrected chi connectivity index (χ2v) is 5.72. The zero-order valence-corrected chi connectivity index (χ0v) is 13.2. The van der Waals surface area contributed by atoms with Crippen LogP contribution in [0.25, 0.3) is 0 Å². The molecule has 0 radical (unpaired) electrons. The number of rotatable bonds is 3. The molecule has 1 N–H and O–H groups in total. The number of alkyl halides is 11. The Bertz CT molecular complexity index is 565. The third-order valence-electron chi connectivity index (χ3n) is 3.93. The summed E-state index contributed by atoms with van der Waals surface area (Å²) in [5, 5.41) is 9.01. The van der Waals surface area contributed by atoms with E-state index in [1.807, 2.05) is 0 Å². The summed E-state index contributed by atoms with van der Waals surface area (Å²) in [6.07, 6.45) is -26.0. The molecule has 1 rings (SSSR count). The molecule has 1 aliphatic rings. The zero-order valence-electron chi connectivity index (χ0n) is 13.2. The molecule has 15 heteroatoms. The topological polar surface area (TPSA) is 55.8 Å². The number of esters is 1. The van der Waals surface area contributed by atoms with Crippen molar-refractivity contribution in [2.45, 2.75) is 62.2 Å². The quantitative estimate of drug-likeness (QED) is 0.550. The molecular formula is C12H11F11O4. The predicted octanol–water partition coefficient (Wildman–Crippen LogP) is 3.72. The van der Waals surface area contributed by atoms with Crippen molar-refractivity contribution in [3.63, 3.8) is 0 Å². The first-order valence-electron chi connectivity index (χ1n) is 6.91. The average Bonchev–Trinajstić information content (AvgIpc) is 2.64. The van der Waals surface area contributed by atoms with Gasteiger partial charge in [0.2, 0.25) is 6.10 Å². The van der Waals surface area contributed by atoms with E-state index >= 15 is 0 Å². The molecule has 0 amide bonds. The molecule has 1 aliphatic heterocycles. The Hall–Kier alpha value is -1.38. The van der Waals surface area contributed by atoms with Gasteiger partial charge in [-0.15, -0.1) is 0 Å². The van der Waals surface area contributed by atoms with Crippen LogP contribution >= 0.6 is 0 Å². The molecule has 0 aromatic rings. The molecule has 3 atom stereocenters. The highest BCUT2D eigenvalue weighted by Crippen LogP contribution is 2.64. The molecule has 160 valence electrons. The lowest BCUT2D eigenvalue weighted by Crippen LogP contribution is -2.66. The summed E-state index contributed by atoms with van der Waals surface area (Å²) >= 11 is 0. The maximum atomic E-state index is 14.1. The Morgan fingerprint density at radius 3 is 1.74 bits per heavy atom. The summed E-state index contributed by atoms with van der Waals surface area (Å²) in [6, 6.07) is 0. The van der Waals surface area contributed by atoms with Gasteiger partial charge in [0.15, 0.2) is 0 Å². The fourth-order valence-electron chi connectivity index (χ4n) is 2.16. The smallest absolute Gasteiger partial charge is 0.449 e. The Morgan fingerprint density at radius 1 is 1.04 bits per heavy atom. The standard InChI is InChI=1S/C12H11F11O4/c1-3-4(2)5(24)26-6-7(10(15,16)17,11(18,19)20)27-9(25,8(6,13)14)12(21,22)23/h4,6,25H,3H2,1-2H3. The monoisotopic (exact) mass is 428 g/mol. The summed E-state index contributed by atoms with van der Waals surface area (Å²) in [5.41, 5.74) is -6.34. The van der Waals surface area contributed by atoms with Crippen LogP contribution < -0.4 is 0 Å². The van der Waals surface area contributed by atoms with Crippen LogP contribution in [0.15, 0.2) is 0 Å². The minimum absolute atomic E-state index is 0.313. The van der Waals surface area contributed by atoms with Crippen molar-refractivity contribution in [3.05, 3.63) is 0 Å². The highest BCUT2D eigenvalue weighted by molar-refractivity contribution is 5.72. The summed E-state index contributed by atoms with van der Waals surface area (Å²) in [6.45, 7) is 2.02. The number of hydrogen-bond acceptors (Lipinski definition) is 4. The summed E-state index contributed by atoms with van der Waals surface area (Å²) in [7, 11) is 0. The van der Waals surface area contributed by atoms with E-state index in [-0.39, 0.29) is 6.42 Å². The fraction of sp³-hybridized carbons (Fsp3) is 0.917. The largest absolute Gasteiger partial charge is 0.452 e. The lowest BCUT2D eigenvalue weighted by atomic mass is 9.90. The van der Waals surface area contributed by atoms with E-state index in [4.69, 9.17) is 5.11 Å². The van der Waals surface area contributed by atoms with Gasteiger partial charge in [-0.3, -0.25) is 4.79 Å². The van der Waals surface area contributed by atoms with Gasteiger partial charge in [-0.25, -0.2) is 0 Å². The Morgan fingerprint density at radius 2 is 1.44 bits per heavy atom. The van der Waals surface area contributed by atoms with Gasteiger partial charge in [-0.05, 0) is 6.42 Å². The van der Waals surface area contributed by atoms with Crippen molar-refractivity contribution in [2.75, 3.05) is 0 Å². The van der Waals surface area contributed by atoms with Crippen LogP contribution in [0.2, 0.25) is 0 Å². The first-order chi connectivity index (χ1) is 11.7. The normalized spacial score (nSPS) is 29.5. The Balaban J connectivity index is 3.79. The Labute approximate surface area is 143 Å². The van der Waals surface area contributed by atoms with Crippen LogP contribution in [0.5, 0.6) is 0 Å². The molecule has 0 aliphatic carbocycles. The molecule has 3 unspecified atom stereocenters. The minimum Gasteiger partial charge on any atom is -0.452 e. The SMILES string of the molecule is CCC(C)C(=O)OC1C(F)(F)C(O)(C(F)(F)F)OC1(C(F)(F)F)C(F)(F)F. The first-order valence-corrected chi connectivity index (χ1v) is 6.91. The van der Waals surface area contributed by atoms with Gasteiger partial charge < -0.3 is 14.6 Å². The van der Waals surface area contributed by atoms with Crippen LogP contribution in [-0.2, 0) is 14.3 Å². The number of ether oxygens (including phenoxy) is 2. The summed E-state index contributed by atoms with van der Waals surface area (Å²) < 4.78 is 151. The number of aliphatic hydroxyl groups is 1. The number of carbonyl (C=O) groups excluding carboxylic acids is 1. The molecule has 27 heavy (non-hydrogen) atoms. The highest BCUT2D eigenvalue weighted by atomic mass is 19.4. The van der Waals surface area contributed by atoms with Gasteiger partial charge in [0, 0.05) is 0 Å². The van der Waals surface area contributed by atoms with Gasteiger partial charge in [0.05, 0.1) is 5.92 Å². The number of halogens is 11. The molecular weight excluding hydrogens is 417 g/mol. The third kappa shape index (κ3) is 3.21. The lowest BCUT2D eigenvalue weighted by molar-refractivity contribution is -0.457. The molecule has 1 fully saturated rings.